The molecule has 1 unspecified atom stereocenters. The number of carbonyl (C=O) groups is 2. The van der Waals surface area contributed by atoms with Crippen molar-refractivity contribution >= 4 is 51.2 Å². The standard InChI is InChI=1S/C19H19BrClN3O3/c1-3-27-17-9-8-14(21)10-13(17)11-22-24-19(26)12(2)18(25)23-16-7-5-4-6-15(16)20/h4-12H,3H2,1-2H3,(H,23,25)(H,24,26). The monoisotopic (exact) mass is 451 g/mol. The van der Waals surface area contributed by atoms with Gasteiger partial charge in [0.1, 0.15) is 11.7 Å². The van der Waals surface area contributed by atoms with Gasteiger partial charge in [0.05, 0.1) is 18.5 Å². The molecule has 142 valence electrons. The molecule has 27 heavy (non-hydrogen) atoms. The van der Waals surface area contributed by atoms with E-state index in [0.717, 1.165) is 4.47 Å². The van der Waals surface area contributed by atoms with Crippen molar-refractivity contribution in [3.63, 3.8) is 0 Å². The van der Waals surface area contributed by atoms with E-state index in [1.807, 2.05) is 13.0 Å². The average Bonchev–Trinajstić information content (AvgIpc) is 2.65. The molecule has 8 heteroatoms. The second-order valence-corrected chi connectivity index (χ2v) is 6.83. The summed E-state index contributed by atoms with van der Waals surface area (Å²) in [6, 6.07) is 12.3. The quantitative estimate of drug-likeness (QED) is 0.375. The van der Waals surface area contributed by atoms with E-state index in [1.54, 1.807) is 36.4 Å². The molecule has 0 fully saturated rings. The predicted octanol–water partition coefficient (Wildman–Crippen LogP) is 4.23. The highest BCUT2D eigenvalue weighted by atomic mass is 79.9. The van der Waals surface area contributed by atoms with Crippen molar-refractivity contribution in [3.05, 3.63) is 57.5 Å². The van der Waals surface area contributed by atoms with Gasteiger partial charge in [0.25, 0.3) is 5.91 Å². The topological polar surface area (TPSA) is 79.8 Å². The minimum atomic E-state index is -0.931. The van der Waals surface area contributed by atoms with Crippen molar-refractivity contribution in [2.75, 3.05) is 11.9 Å². The molecule has 6 nitrogen and oxygen atoms in total. The van der Waals surface area contributed by atoms with Crippen LogP contribution in [0.3, 0.4) is 0 Å². The normalized spacial score (nSPS) is 11.9. The number of carbonyl (C=O) groups excluding carboxylic acids is 2. The Hall–Kier alpha value is -2.38. The molecule has 2 aromatic carbocycles. The molecule has 0 aliphatic heterocycles. The fourth-order valence-electron chi connectivity index (χ4n) is 2.09. The highest BCUT2D eigenvalue weighted by Gasteiger charge is 2.21. The molecule has 2 N–H and O–H groups in total. The van der Waals surface area contributed by atoms with Crippen LogP contribution >= 0.6 is 27.5 Å². The number of hydrogen-bond acceptors (Lipinski definition) is 4. The van der Waals surface area contributed by atoms with Gasteiger partial charge >= 0.3 is 0 Å². The highest BCUT2D eigenvalue weighted by molar-refractivity contribution is 9.10. The van der Waals surface area contributed by atoms with Crippen LogP contribution in [0.2, 0.25) is 5.02 Å². The molecule has 0 spiro atoms. The molecule has 1 atom stereocenters. The van der Waals surface area contributed by atoms with Crippen molar-refractivity contribution < 1.29 is 14.3 Å². The number of anilines is 1. The first-order chi connectivity index (χ1) is 12.9. The van der Waals surface area contributed by atoms with Gasteiger partial charge < -0.3 is 10.1 Å². The van der Waals surface area contributed by atoms with E-state index in [2.05, 4.69) is 31.8 Å². The Kier molecular flexibility index (Phi) is 7.82. The van der Waals surface area contributed by atoms with E-state index >= 15 is 0 Å². The third-order valence-electron chi connectivity index (χ3n) is 3.57. The van der Waals surface area contributed by atoms with Gasteiger partial charge in [0.15, 0.2) is 0 Å². The Morgan fingerprint density at radius 3 is 2.70 bits per heavy atom. The van der Waals surface area contributed by atoms with Crippen LogP contribution in [0.15, 0.2) is 52.0 Å². The molecular weight excluding hydrogens is 434 g/mol. The smallest absolute Gasteiger partial charge is 0.252 e. The number of hydrazone groups is 1. The second-order valence-electron chi connectivity index (χ2n) is 5.54. The van der Waals surface area contributed by atoms with Crippen LogP contribution in [-0.2, 0) is 9.59 Å². The SMILES string of the molecule is CCOc1ccc(Cl)cc1C=NNC(=O)C(C)C(=O)Nc1ccccc1Br. The van der Waals surface area contributed by atoms with Crippen LogP contribution in [0.1, 0.15) is 19.4 Å². The van der Waals surface area contributed by atoms with Gasteiger partial charge in [-0.05, 0) is 60.1 Å². The fourth-order valence-corrected chi connectivity index (χ4v) is 2.66. The lowest BCUT2D eigenvalue weighted by Gasteiger charge is -2.12. The molecule has 0 aliphatic carbocycles. The molecule has 0 heterocycles. The highest BCUT2D eigenvalue weighted by Crippen LogP contribution is 2.22. The summed E-state index contributed by atoms with van der Waals surface area (Å²) in [5, 5.41) is 7.12. The van der Waals surface area contributed by atoms with Crippen LogP contribution < -0.4 is 15.5 Å². The lowest BCUT2D eigenvalue weighted by Crippen LogP contribution is -2.34. The lowest BCUT2D eigenvalue weighted by molar-refractivity contribution is -0.131. The van der Waals surface area contributed by atoms with Gasteiger partial charge in [-0.1, -0.05) is 23.7 Å². The first kappa shape index (κ1) is 20.9. The fraction of sp³-hybridized carbons (Fsp3) is 0.211. The Labute approximate surface area is 171 Å². The number of nitrogens with one attached hydrogen (secondary N) is 2. The predicted molar refractivity (Wildman–Crippen MR) is 110 cm³/mol. The zero-order chi connectivity index (χ0) is 19.8. The van der Waals surface area contributed by atoms with Gasteiger partial charge in [-0.3, -0.25) is 9.59 Å². The van der Waals surface area contributed by atoms with E-state index in [1.165, 1.54) is 13.1 Å². The van der Waals surface area contributed by atoms with E-state index < -0.39 is 17.7 Å². The van der Waals surface area contributed by atoms with E-state index in [-0.39, 0.29) is 0 Å². The van der Waals surface area contributed by atoms with Crippen LogP contribution in [0.25, 0.3) is 0 Å². The number of halogens is 2. The maximum absolute atomic E-state index is 12.2. The van der Waals surface area contributed by atoms with E-state index in [4.69, 9.17) is 16.3 Å². The molecule has 0 aliphatic rings. The zero-order valence-corrected chi connectivity index (χ0v) is 17.2. The number of nitrogens with zero attached hydrogens (tertiary/aromatic N) is 1. The molecule has 2 amide bonds. The Morgan fingerprint density at radius 2 is 2.00 bits per heavy atom. The number of amides is 2. The van der Waals surface area contributed by atoms with Gasteiger partial charge in [-0.15, -0.1) is 0 Å². The third kappa shape index (κ3) is 6.08. The van der Waals surface area contributed by atoms with E-state index in [0.29, 0.717) is 28.6 Å². The molecule has 2 rings (SSSR count). The Balaban J connectivity index is 1.98. The number of benzene rings is 2. The lowest BCUT2D eigenvalue weighted by atomic mass is 10.1. The summed E-state index contributed by atoms with van der Waals surface area (Å²) < 4.78 is 6.21. The third-order valence-corrected chi connectivity index (χ3v) is 4.49. The average molecular weight is 453 g/mol. The maximum atomic E-state index is 12.2. The summed E-state index contributed by atoms with van der Waals surface area (Å²) in [6.07, 6.45) is 1.42. The van der Waals surface area contributed by atoms with Crippen molar-refractivity contribution in [1.29, 1.82) is 0 Å². The molecule has 2 aromatic rings. The molecule has 0 saturated heterocycles. The number of hydrogen-bond donors (Lipinski definition) is 2. The van der Waals surface area contributed by atoms with Crippen LogP contribution in [-0.4, -0.2) is 24.6 Å². The first-order valence-corrected chi connectivity index (χ1v) is 9.40. The molecule has 0 bridgehead atoms. The van der Waals surface area contributed by atoms with Crippen molar-refractivity contribution in [2.45, 2.75) is 13.8 Å². The summed E-state index contributed by atoms with van der Waals surface area (Å²) >= 11 is 9.32. The molecular formula is C19H19BrClN3O3. The molecule has 0 aromatic heterocycles. The minimum Gasteiger partial charge on any atom is -0.493 e. The van der Waals surface area contributed by atoms with Gasteiger partial charge in [0.2, 0.25) is 5.91 Å². The molecule has 0 radical (unpaired) electrons. The number of rotatable bonds is 7. The zero-order valence-electron chi connectivity index (χ0n) is 14.8. The van der Waals surface area contributed by atoms with Crippen LogP contribution in [0.5, 0.6) is 5.75 Å². The summed E-state index contributed by atoms with van der Waals surface area (Å²) in [5.74, 6) is -1.30. The van der Waals surface area contributed by atoms with Crippen molar-refractivity contribution in [3.8, 4) is 5.75 Å². The molecule has 0 saturated carbocycles. The summed E-state index contributed by atoms with van der Waals surface area (Å²) in [5.41, 5.74) is 3.57. The van der Waals surface area contributed by atoms with Crippen LogP contribution in [0.4, 0.5) is 5.69 Å². The van der Waals surface area contributed by atoms with Gasteiger partial charge in [-0.2, -0.15) is 5.10 Å². The second kappa shape index (κ2) is 10.1. The van der Waals surface area contributed by atoms with Gasteiger partial charge in [0, 0.05) is 15.1 Å². The summed E-state index contributed by atoms with van der Waals surface area (Å²) in [7, 11) is 0. The number of para-hydroxylation sites is 1. The largest absolute Gasteiger partial charge is 0.493 e. The maximum Gasteiger partial charge on any atom is 0.252 e. The van der Waals surface area contributed by atoms with E-state index in [9.17, 15) is 9.59 Å². The van der Waals surface area contributed by atoms with Crippen molar-refractivity contribution in [2.24, 2.45) is 11.0 Å². The summed E-state index contributed by atoms with van der Waals surface area (Å²) in [6.45, 7) is 3.85. The minimum absolute atomic E-state index is 0.438. The van der Waals surface area contributed by atoms with Crippen LogP contribution in [0, 0.1) is 5.92 Å². The Bertz CT molecular complexity index is 858. The number of ether oxygens (including phenoxy) is 1. The van der Waals surface area contributed by atoms with Crippen molar-refractivity contribution in [1.82, 2.24) is 5.43 Å². The summed E-state index contributed by atoms with van der Waals surface area (Å²) in [4.78, 5) is 24.4. The Morgan fingerprint density at radius 1 is 1.26 bits per heavy atom. The van der Waals surface area contributed by atoms with Gasteiger partial charge in [-0.25, -0.2) is 5.43 Å². The first-order valence-electron chi connectivity index (χ1n) is 8.23.